The van der Waals surface area contributed by atoms with E-state index in [0.717, 1.165) is 23.4 Å². The lowest BCUT2D eigenvalue weighted by Crippen LogP contribution is -2.25. The summed E-state index contributed by atoms with van der Waals surface area (Å²) in [5.74, 6) is 0.937. The summed E-state index contributed by atoms with van der Waals surface area (Å²) in [6.07, 6.45) is 0.357. The molecule has 3 aromatic rings. The molecule has 0 radical (unpaired) electrons. The highest BCUT2D eigenvalue weighted by molar-refractivity contribution is 5.96. The molecule has 5 heteroatoms. The standard InChI is InChI=1S/C21H22FN3O/c1-14(2)12-25-19-10-6-4-8-17(19)23-21(25)15-11-20(26)24(13-15)18-9-5-3-7-16(18)22/h3-10,14-15H,11-13H2,1-2H3/t15-/m0/s1. The van der Waals surface area contributed by atoms with Crippen molar-refractivity contribution in [3.8, 4) is 0 Å². The fraction of sp³-hybridized carbons (Fsp3) is 0.333. The molecule has 0 N–H and O–H groups in total. The summed E-state index contributed by atoms with van der Waals surface area (Å²) in [5.41, 5.74) is 2.39. The van der Waals surface area contributed by atoms with E-state index >= 15 is 0 Å². The Morgan fingerprint density at radius 3 is 2.65 bits per heavy atom. The Kier molecular flexibility index (Phi) is 4.23. The molecule has 26 heavy (non-hydrogen) atoms. The maximum absolute atomic E-state index is 14.1. The molecule has 1 fully saturated rings. The minimum Gasteiger partial charge on any atom is -0.327 e. The summed E-state index contributed by atoms with van der Waals surface area (Å²) in [4.78, 5) is 19.0. The number of hydrogen-bond acceptors (Lipinski definition) is 2. The number of benzene rings is 2. The Balaban J connectivity index is 1.72. The molecular weight excluding hydrogens is 329 g/mol. The fourth-order valence-electron chi connectivity index (χ4n) is 3.75. The van der Waals surface area contributed by atoms with E-state index in [4.69, 9.17) is 4.98 Å². The van der Waals surface area contributed by atoms with Crippen molar-refractivity contribution in [1.29, 1.82) is 0 Å². The van der Waals surface area contributed by atoms with E-state index in [0.29, 0.717) is 24.6 Å². The number of aromatic nitrogens is 2. The number of carbonyl (C=O) groups is 1. The Labute approximate surface area is 152 Å². The van der Waals surface area contributed by atoms with E-state index in [1.54, 1.807) is 23.1 Å². The summed E-state index contributed by atoms with van der Waals surface area (Å²) < 4.78 is 16.4. The van der Waals surface area contributed by atoms with Gasteiger partial charge in [-0.05, 0) is 30.2 Å². The minimum atomic E-state index is -0.364. The first-order chi connectivity index (χ1) is 12.5. The van der Waals surface area contributed by atoms with Crippen LogP contribution in [0.15, 0.2) is 48.5 Å². The second kappa shape index (κ2) is 6.56. The van der Waals surface area contributed by atoms with Crippen molar-refractivity contribution >= 4 is 22.6 Å². The quantitative estimate of drug-likeness (QED) is 0.701. The molecule has 0 aliphatic carbocycles. The third-order valence-corrected chi connectivity index (χ3v) is 4.87. The molecule has 1 saturated heterocycles. The molecule has 1 amide bonds. The number of halogens is 1. The maximum Gasteiger partial charge on any atom is 0.227 e. The van der Waals surface area contributed by atoms with Gasteiger partial charge in [0.1, 0.15) is 11.6 Å². The monoisotopic (exact) mass is 351 g/mol. The molecule has 4 rings (SSSR count). The number of amides is 1. The molecule has 1 aliphatic heterocycles. The van der Waals surface area contributed by atoms with Crippen LogP contribution in [0.3, 0.4) is 0 Å². The predicted molar refractivity (Wildman–Crippen MR) is 101 cm³/mol. The van der Waals surface area contributed by atoms with Crippen molar-refractivity contribution in [1.82, 2.24) is 9.55 Å². The number of carbonyl (C=O) groups excluding carboxylic acids is 1. The van der Waals surface area contributed by atoms with E-state index in [1.165, 1.54) is 6.07 Å². The summed E-state index contributed by atoms with van der Waals surface area (Å²) >= 11 is 0. The molecule has 1 atom stereocenters. The van der Waals surface area contributed by atoms with Crippen LogP contribution in [-0.4, -0.2) is 22.0 Å². The van der Waals surface area contributed by atoms with Crippen LogP contribution in [-0.2, 0) is 11.3 Å². The van der Waals surface area contributed by atoms with E-state index < -0.39 is 0 Å². The first kappa shape index (κ1) is 16.8. The molecule has 1 aliphatic rings. The number of nitrogens with zero attached hydrogens (tertiary/aromatic N) is 3. The topological polar surface area (TPSA) is 38.1 Å². The van der Waals surface area contributed by atoms with E-state index in [1.807, 2.05) is 18.2 Å². The van der Waals surface area contributed by atoms with Crippen LogP contribution in [0.5, 0.6) is 0 Å². The van der Waals surface area contributed by atoms with Gasteiger partial charge in [0.2, 0.25) is 5.91 Å². The lowest BCUT2D eigenvalue weighted by molar-refractivity contribution is -0.117. The zero-order chi connectivity index (χ0) is 18.3. The Morgan fingerprint density at radius 1 is 1.15 bits per heavy atom. The fourth-order valence-corrected chi connectivity index (χ4v) is 3.75. The smallest absolute Gasteiger partial charge is 0.227 e. The summed E-state index contributed by atoms with van der Waals surface area (Å²) in [5, 5.41) is 0. The second-order valence-corrected chi connectivity index (χ2v) is 7.32. The van der Waals surface area contributed by atoms with Gasteiger partial charge in [-0.25, -0.2) is 9.37 Å². The molecule has 0 bridgehead atoms. The molecule has 0 saturated carbocycles. The molecule has 2 heterocycles. The summed E-state index contributed by atoms with van der Waals surface area (Å²) in [7, 11) is 0. The van der Waals surface area contributed by atoms with E-state index in [9.17, 15) is 9.18 Å². The average Bonchev–Trinajstić information content (AvgIpc) is 3.16. The van der Waals surface area contributed by atoms with Crippen molar-refractivity contribution in [2.75, 3.05) is 11.4 Å². The van der Waals surface area contributed by atoms with Gasteiger partial charge in [0.05, 0.1) is 16.7 Å². The Morgan fingerprint density at radius 2 is 1.88 bits per heavy atom. The average molecular weight is 351 g/mol. The van der Waals surface area contributed by atoms with Gasteiger partial charge >= 0.3 is 0 Å². The lowest BCUT2D eigenvalue weighted by Gasteiger charge is -2.18. The van der Waals surface area contributed by atoms with Gasteiger partial charge in [-0.15, -0.1) is 0 Å². The van der Waals surface area contributed by atoms with Crippen molar-refractivity contribution in [3.63, 3.8) is 0 Å². The molecule has 2 aromatic carbocycles. The van der Waals surface area contributed by atoms with Crippen molar-refractivity contribution in [2.24, 2.45) is 5.92 Å². The van der Waals surface area contributed by atoms with Crippen molar-refractivity contribution < 1.29 is 9.18 Å². The third-order valence-electron chi connectivity index (χ3n) is 4.87. The molecular formula is C21H22FN3O. The maximum atomic E-state index is 14.1. The number of hydrogen-bond donors (Lipinski definition) is 0. The van der Waals surface area contributed by atoms with Crippen LogP contribution >= 0.6 is 0 Å². The number of para-hydroxylation sites is 3. The molecule has 4 nitrogen and oxygen atoms in total. The van der Waals surface area contributed by atoms with Gasteiger partial charge < -0.3 is 9.47 Å². The minimum absolute atomic E-state index is 0.0340. The van der Waals surface area contributed by atoms with Crippen LogP contribution in [0.1, 0.15) is 32.0 Å². The SMILES string of the molecule is CC(C)Cn1c([C@H]2CC(=O)N(c3ccccc3F)C2)nc2ccccc21. The molecule has 134 valence electrons. The van der Waals surface area contributed by atoms with Crippen LogP contribution in [0, 0.1) is 11.7 Å². The van der Waals surface area contributed by atoms with Crippen LogP contribution < -0.4 is 4.90 Å². The Bertz CT molecular complexity index is 963. The molecule has 1 aromatic heterocycles. The van der Waals surface area contributed by atoms with Gasteiger partial charge in [-0.3, -0.25) is 4.79 Å². The predicted octanol–water partition coefficient (Wildman–Crippen LogP) is 4.35. The second-order valence-electron chi connectivity index (χ2n) is 7.32. The zero-order valence-electron chi connectivity index (χ0n) is 15.0. The highest BCUT2D eigenvalue weighted by Gasteiger charge is 2.35. The normalized spacial score (nSPS) is 17.6. The first-order valence-electron chi connectivity index (χ1n) is 9.04. The van der Waals surface area contributed by atoms with Crippen molar-refractivity contribution in [3.05, 3.63) is 60.2 Å². The van der Waals surface area contributed by atoms with Gasteiger partial charge in [0, 0.05) is 25.4 Å². The van der Waals surface area contributed by atoms with Gasteiger partial charge in [0.25, 0.3) is 0 Å². The van der Waals surface area contributed by atoms with Gasteiger partial charge in [-0.2, -0.15) is 0 Å². The van der Waals surface area contributed by atoms with Crippen LogP contribution in [0.2, 0.25) is 0 Å². The number of rotatable bonds is 4. The molecule has 0 unspecified atom stereocenters. The van der Waals surface area contributed by atoms with Crippen LogP contribution in [0.25, 0.3) is 11.0 Å². The number of fused-ring (bicyclic) bond motifs is 1. The number of anilines is 1. The first-order valence-corrected chi connectivity index (χ1v) is 9.04. The summed E-state index contributed by atoms with van der Waals surface area (Å²) in [6.45, 7) is 5.65. The third kappa shape index (κ3) is 2.87. The Hall–Kier alpha value is -2.69. The summed E-state index contributed by atoms with van der Waals surface area (Å²) in [6, 6.07) is 14.5. The van der Waals surface area contributed by atoms with Gasteiger partial charge in [0.15, 0.2) is 0 Å². The highest BCUT2D eigenvalue weighted by atomic mass is 19.1. The van der Waals surface area contributed by atoms with Crippen molar-refractivity contribution in [2.45, 2.75) is 32.7 Å². The zero-order valence-corrected chi connectivity index (χ0v) is 15.0. The van der Waals surface area contributed by atoms with E-state index in [2.05, 4.69) is 24.5 Å². The largest absolute Gasteiger partial charge is 0.327 e. The van der Waals surface area contributed by atoms with E-state index in [-0.39, 0.29) is 17.6 Å². The number of imidazole rings is 1. The van der Waals surface area contributed by atoms with Gasteiger partial charge in [-0.1, -0.05) is 38.1 Å². The van der Waals surface area contributed by atoms with Crippen LogP contribution in [0.4, 0.5) is 10.1 Å². The molecule has 0 spiro atoms. The lowest BCUT2D eigenvalue weighted by atomic mass is 10.1. The highest BCUT2D eigenvalue weighted by Crippen LogP contribution is 2.34.